The molecular weight excluding hydrogens is 434 g/mol. The van der Waals surface area contributed by atoms with E-state index in [-0.39, 0.29) is 17.7 Å². The van der Waals surface area contributed by atoms with Gasteiger partial charge in [0.2, 0.25) is 0 Å². The predicted octanol–water partition coefficient (Wildman–Crippen LogP) is 5.13. The zero-order chi connectivity index (χ0) is 23.9. The molecule has 0 radical (unpaired) electrons. The number of nitrogens with zero attached hydrogens (tertiary/aromatic N) is 2. The number of benzene rings is 3. The quantitative estimate of drug-likeness (QED) is 0.437. The summed E-state index contributed by atoms with van der Waals surface area (Å²) in [4.78, 5) is 4.94. The van der Waals surface area contributed by atoms with Gasteiger partial charge in [0.25, 0.3) is 0 Å². The van der Waals surface area contributed by atoms with Crippen molar-refractivity contribution in [3.8, 4) is 11.5 Å². The lowest BCUT2D eigenvalue weighted by atomic mass is 9.96. The summed E-state index contributed by atoms with van der Waals surface area (Å²) in [6.45, 7) is 4.76. The Morgan fingerprint density at radius 2 is 1.32 bits per heavy atom. The van der Waals surface area contributed by atoms with Crippen molar-refractivity contribution in [3.05, 3.63) is 95.1 Å². The van der Waals surface area contributed by atoms with Gasteiger partial charge in [-0.3, -0.25) is 4.90 Å². The smallest absolute Gasteiger partial charge is 0.160 e. The largest absolute Gasteiger partial charge is 0.493 e. The van der Waals surface area contributed by atoms with Gasteiger partial charge in [-0.25, -0.2) is 8.78 Å². The number of ether oxygens (including phenoxy) is 2. The normalized spacial score (nSPS) is 15.8. The van der Waals surface area contributed by atoms with Gasteiger partial charge in [0.15, 0.2) is 11.5 Å². The summed E-state index contributed by atoms with van der Waals surface area (Å²) in [6, 6.07) is 19.7. The summed E-state index contributed by atoms with van der Waals surface area (Å²) < 4.78 is 37.7. The minimum atomic E-state index is -0.232. The molecule has 1 aliphatic rings. The van der Waals surface area contributed by atoms with Crippen LogP contribution in [0, 0.1) is 11.6 Å². The number of halogens is 2. The van der Waals surface area contributed by atoms with Crippen LogP contribution in [-0.2, 0) is 12.8 Å². The van der Waals surface area contributed by atoms with E-state index in [2.05, 4.69) is 15.9 Å². The van der Waals surface area contributed by atoms with Crippen molar-refractivity contribution in [3.63, 3.8) is 0 Å². The van der Waals surface area contributed by atoms with E-state index in [0.717, 1.165) is 68.2 Å². The molecule has 3 aromatic rings. The Labute approximate surface area is 200 Å². The van der Waals surface area contributed by atoms with E-state index < -0.39 is 0 Å². The molecule has 0 saturated carbocycles. The van der Waals surface area contributed by atoms with Gasteiger partial charge >= 0.3 is 0 Å². The fraction of sp³-hybridized carbons (Fsp3) is 0.357. The van der Waals surface area contributed by atoms with Gasteiger partial charge in [0.05, 0.1) is 14.2 Å². The molecule has 0 aromatic heterocycles. The summed E-state index contributed by atoms with van der Waals surface area (Å²) in [5.74, 6) is 1.04. The van der Waals surface area contributed by atoms with Crippen molar-refractivity contribution < 1.29 is 18.3 Å². The van der Waals surface area contributed by atoms with Crippen molar-refractivity contribution in [2.45, 2.75) is 18.9 Å². The zero-order valence-corrected chi connectivity index (χ0v) is 19.8. The third-order valence-electron chi connectivity index (χ3n) is 6.61. The van der Waals surface area contributed by atoms with Crippen LogP contribution in [-0.4, -0.2) is 56.7 Å². The number of hydrogen-bond acceptors (Lipinski definition) is 4. The third-order valence-corrected chi connectivity index (χ3v) is 6.61. The number of hydrogen-bond donors (Lipinski definition) is 0. The molecule has 3 aromatic carbocycles. The Morgan fingerprint density at radius 3 is 1.94 bits per heavy atom. The Balaban J connectivity index is 1.38. The fourth-order valence-corrected chi connectivity index (χ4v) is 4.61. The van der Waals surface area contributed by atoms with E-state index in [1.165, 1.54) is 29.8 Å². The van der Waals surface area contributed by atoms with E-state index in [9.17, 15) is 8.78 Å². The van der Waals surface area contributed by atoms with Gasteiger partial charge in [0.1, 0.15) is 11.6 Å². The molecule has 4 nitrogen and oxygen atoms in total. The highest BCUT2D eigenvalue weighted by Crippen LogP contribution is 2.29. The molecule has 1 unspecified atom stereocenters. The van der Waals surface area contributed by atoms with E-state index in [4.69, 9.17) is 9.47 Å². The maximum atomic E-state index is 13.6. The van der Waals surface area contributed by atoms with Crippen LogP contribution in [0.2, 0.25) is 0 Å². The molecule has 1 fully saturated rings. The van der Waals surface area contributed by atoms with Crippen molar-refractivity contribution in [2.24, 2.45) is 0 Å². The number of rotatable bonds is 9. The second-order valence-corrected chi connectivity index (χ2v) is 8.71. The first kappa shape index (κ1) is 24.2. The van der Waals surface area contributed by atoms with E-state index >= 15 is 0 Å². The molecule has 0 N–H and O–H groups in total. The van der Waals surface area contributed by atoms with Crippen LogP contribution in [0.4, 0.5) is 8.78 Å². The second kappa shape index (κ2) is 11.4. The Hall–Kier alpha value is -2.96. The highest BCUT2D eigenvalue weighted by molar-refractivity contribution is 5.43. The van der Waals surface area contributed by atoms with Gasteiger partial charge in [-0.1, -0.05) is 30.3 Å². The molecule has 1 atom stereocenters. The molecule has 0 bridgehead atoms. The van der Waals surface area contributed by atoms with Crippen LogP contribution < -0.4 is 9.47 Å². The molecule has 0 spiro atoms. The molecule has 0 amide bonds. The predicted molar refractivity (Wildman–Crippen MR) is 131 cm³/mol. The summed E-state index contributed by atoms with van der Waals surface area (Å²) >= 11 is 0. The number of methoxy groups -OCH3 is 2. The molecule has 4 rings (SSSR count). The Morgan fingerprint density at radius 1 is 0.735 bits per heavy atom. The van der Waals surface area contributed by atoms with Crippen LogP contribution in [0.3, 0.4) is 0 Å². The molecule has 1 heterocycles. The maximum Gasteiger partial charge on any atom is 0.160 e. The van der Waals surface area contributed by atoms with Crippen LogP contribution in [0.25, 0.3) is 0 Å². The third kappa shape index (κ3) is 6.13. The van der Waals surface area contributed by atoms with Gasteiger partial charge < -0.3 is 14.4 Å². The second-order valence-electron chi connectivity index (χ2n) is 8.71. The first-order valence-electron chi connectivity index (χ1n) is 11.7. The minimum absolute atomic E-state index is 0.124. The van der Waals surface area contributed by atoms with Gasteiger partial charge in [-0.2, -0.15) is 0 Å². The standard InChI is InChI=1S/C28H32F2N2O2/c1-33-27-12-5-22(20-28(27)34-2)13-14-31-15-17-32(18-16-31)26(23-6-10-25(30)11-7-23)19-21-3-8-24(29)9-4-21/h3-12,20,26H,13-19H2,1-2H3. The first-order chi connectivity index (χ1) is 16.6. The monoisotopic (exact) mass is 466 g/mol. The van der Waals surface area contributed by atoms with Crippen molar-refractivity contribution in [1.82, 2.24) is 9.80 Å². The van der Waals surface area contributed by atoms with E-state index in [1.54, 1.807) is 14.2 Å². The summed E-state index contributed by atoms with van der Waals surface area (Å²) in [7, 11) is 3.30. The average molecular weight is 467 g/mol. The van der Waals surface area contributed by atoms with Crippen LogP contribution >= 0.6 is 0 Å². The van der Waals surface area contributed by atoms with Crippen LogP contribution in [0.1, 0.15) is 22.7 Å². The molecule has 34 heavy (non-hydrogen) atoms. The number of piperazine rings is 1. The van der Waals surface area contributed by atoms with E-state index in [0.29, 0.717) is 0 Å². The highest BCUT2D eigenvalue weighted by atomic mass is 19.1. The van der Waals surface area contributed by atoms with E-state index in [1.807, 2.05) is 36.4 Å². The summed E-state index contributed by atoms with van der Waals surface area (Å²) in [6.07, 6.45) is 1.70. The maximum absolute atomic E-state index is 13.6. The SMILES string of the molecule is COc1ccc(CCN2CCN(C(Cc3ccc(F)cc3)c3ccc(F)cc3)CC2)cc1OC. The molecule has 180 valence electrons. The topological polar surface area (TPSA) is 24.9 Å². The van der Waals surface area contributed by atoms with Crippen molar-refractivity contribution in [2.75, 3.05) is 46.9 Å². The van der Waals surface area contributed by atoms with Crippen LogP contribution in [0.5, 0.6) is 11.5 Å². The molecule has 0 aliphatic carbocycles. The van der Waals surface area contributed by atoms with Gasteiger partial charge in [-0.15, -0.1) is 0 Å². The fourth-order valence-electron chi connectivity index (χ4n) is 4.61. The molecular formula is C28H32F2N2O2. The molecule has 6 heteroatoms. The van der Waals surface area contributed by atoms with Crippen molar-refractivity contribution in [1.29, 1.82) is 0 Å². The first-order valence-corrected chi connectivity index (χ1v) is 11.7. The van der Waals surface area contributed by atoms with Gasteiger partial charge in [0, 0.05) is 38.8 Å². The highest BCUT2D eigenvalue weighted by Gasteiger charge is 2.25. The summed E-state index contributed by atoms with van der Waals surface area (Å²) in [5, 5.41) is 0. The zero-order valence-electron chi connectivity index (χ0n) is 19.8. The van der Waals surface area contributed by atoms with Crippen molar-refractivity contribution >= 4 is 0 Å². The molecule has 1 saturated heterocycles. The molecule has 1 aliphatic heterocycles. The lowest BCUT2D eigenvalue weighted by Crippen LogP contribution is -2.48. The lowest BCUT2D eigenvalue weighted by Gasteiger charge is -2.39. The minimum Gasteiger partial charge on any atom is -0.493 e. The lowest BCUT2D eigenvalue weighted by molar-refractivity contribution is 0.0960. The van der Waals surface area contributed by atoms with Gasteiger partial charge in [-0.05, 0) is 65.9 Å². The average Bonchev–Trinajstić information content (AvgIpc) is 2.88. The summed E-state index contributed by atoms with van der Waals surface area (Å²) in [5.41, 5.74) is 3.39. The Bertz CT molecular complexity index is 1050. The van der Waals surface area contributed by atoms with Crippen LogP contribution in [0.15, 0.2) is 66.7 Å². The Kier molecular flexibility index (Phi) is 8.14.